The van der Waals surface area contributed by atoms with E-state index in [0.29, 0.717) is 17.9 Å². The molecule has 0 saturated carbocycles. The van der Waals surface area contributed by atoms with Gasteiger partial charge in [0, 0.05) is 41.8 Å². The number of fused-ring (bicyclic) bond motifs is 1. The van der Waals surface area contributed by atoms with E-state index in [9.17, 15) is 4.79 Å². The number of H-pyrrole nitrogens is 1. The molecule has 0 spiro atoms. The van der Waals surface area contributed by atoms with Gasteiger partial charge in [0.1, 0.15) is 0 Å². The molecule has 7 heteroatoms. The van der Waals surface area contributed by atoms with Gasteiger partial charge in [-0.3, -0.25) is 4.79 Å². The van der Waals surface area contributed by atoms with E-state index in [4.69, 9.17) is 0 Å². The van der Waals surface area contributed by atoms with Crippen molar-refractivity contribution in [3.05, 3.63) is 65.9 Å². The maximum absolute atomic E-state index is 12.5. The van der Waals surface area contributed by atoms with Crippen LogP contribution in [0.3, 0.4) is 0 Å². The number of hydrogen-bond acceptors (Lipinski definition) is 4. The molecule has 4 aromatic rings. The van der Waals surface area contributed by atoms with E-state index in [1.54, 1.807) is 23.9 Å². The summed E-state index contributed by atoms with van der Waals surface area (Å²) in [4.78, 5) is 15.7. The monoisotopic (exact) mass is 346 g/mol. The number of rotatable bonds is 5. The second kappa shape index (κ2) is 6.79. The van der Waals surface area contributed by atoms with E-state index in [2.05, 4.69) is 31.9 Å². The van der Waals surface area contributed by atoms with E-state index < -0.39 is 0 Å². The Morgan fingerprint density at radius 1 is 1.19 bits per heavy atom. The molecule has 2 N–H and O–H groups in total. The third-order valence-corrected chi connectivity index (χ3v) is 4.36. The average molecular weight is 346 g/mol. The lowest BCUT2D eigenvalue weighted by Gasteiger charge is -2.06. The maximum Gasteiger partial charge on any atom is 0.251 e. The van der Waals surface area contributed by atoms with Crippen LogP contribution in [0, 0.1) is 0 Å². The predicted octanol–water partition coefficient (Wildman–Crippen LogP) is 2.33. The number of aromatic nitrogens is 5. The Balaban J connectivity index is 1.43. The third kappa shape index (κ3) is 3.06. The highest BCUT2D eigenvalue weighted by molar-refractivity contribution is 5.95. The summed E-state index contributed by atoms with van der Waals surface area (Å²) in [6.07, 6.45) is 2.77. The second-order valence-electron chi connectivity index (χ2n) is 6.07. The van der Waals surface area contributed by atoms with Crippen molar-refractivity contribution in [2.45, 2.75) is 6.42 Å². The van der Waals surface area contributed by atoms with E-state index in [1.807, 2.05) is 36.5 Å². The topological polar surface area (TPSA) is 88.5 Å². The Hall–Kier alpha value is -3.48. The number of carbonyl (C=O) groups is 1. The fraction of sp³-hybridized carbons (Fsp3) is 0.158. The van der Waals surface area contributed by atoms with Gasteiger partial charge in [-0.1, -0.05) is 30.3 Å². The fourth-order valence-electron chi connectivity index (χ4n) is 3.02. The first kappa shape index (κ1) is 16.0. The second-order valence-corrected chi connectivity index (χ2v) is 6.07. The zero-order valence-corrected chi connectivity index (χ0v) is 14.3. The molecule has 0 aliphatic carbocycles. The van der Waals surface area contributed by atoms with Gasteiger partial charge in [0.15, 0.2) is 5.82 Å². The number of amides is 1. The number of hydrogen-bond donors (Lipinski definition) is 2. The minimum Gasteiger partial charge on any atom is -0.361 e. The Morgan fingerprint density at radius 3 is 2.92 bits per heavy atom. The van der Waals surface area contributed by atoms with E-state index in [0.717, 1.165) is 17.5 Å². The third-order valence-electron chi connectivity index (χ3n) is 4.36. The average Bonchev–Trinajstić information content (AvgIpc) is 3.28. The van der Waals surface area contributed by atoms with Crippen molar-refractivity contribution in [2.75, 3.05) is 6.54 Å². The summed E-state index contributed by atoms with van der Waals surface area (Å²) in [6.45, 7) is 0.566. The number of tetrazole rings is 1. The van der Waals surface area contributed by atoms with Gasteiger partial charge in [-0.05, 0) is 40.6 Å². The lowest BCUT2D eigenvalue weighted by atomic mass is 10.1. The molecule has 7 nitrogen and oxygen atoms in total. The van der Waals surface area contributed by atoms with Crippen LogP contribution in [-0.4, -0.2) is 37.6 Å². The molecule has 2 aromatic carbocycles. The number of benzene rings is 2. The maximum atomic E-state index is 12.5. The van der Waals surface area contributed by atoms with Crippen LogP contribution in [0.15, 0.2) is 54.7 Å². The molecule has 0 bridgehead atoms. The molecule has 4 rings (SSSR count). The molecule has 0 radical (unpaired) electrons. The lowest BCUT2D eigenvalue weighted by Crippen LogP contribution is -2.25. The smallest absolute Gasteiger partial charge is 0.251 e. The zero-order valence-electron chi connectivity index (χ0n) is 14.3. The van der Waals surface area contributed by atoms with E-state index in [1.165, 1.54) is 10.9 Å². The Morgan fingerprint density at radius 2 is 2.08 bits per heavy atom. The largest absolute Gasteiger partial charge is 0.361 e. The number of para-hydroxylation sites is 1. The summed E-state index contributed by atoms with van der Waals surface area (Å²) in [7, 11) is 1.77. The molecular formula is C19H18N6O. The summed E-state index contributed by atoms with van der Waals surface area (Å²) < 4.78 is 1.58. The minimum atomic E-state index is -0.109. The first-order chi connectivity index (χ1) is 12.7. The van der Waals surface area contributed by atoms with Gasteiger partial charge in [-0.2, -0.15) is 0 Å². The fourth-order valence-corrected chi connectivity index (χ4v) is 3.02. The summed E-state index contributed by atoms with van der Waals surface area (Å²) >= 11 is 0. The summed E-state index contributed by atoms with van der Waals surface area (Å²) in [5.41, 5.74) is 3.70. The van der Waals surface area contributed by atoms with Crippen LogP contribution in [-0.2, 0) is 13.5 Å². The number of aromatic amines is 1. The van der Waals surface area contributed by atoms with Gasteiger partial charge < -0.3 is 10.3 Å². The van der Waals surface area contributed by atoms with Crippen LogP contribution in [0.5, 0.6) is 0 Å². The highest BCUT2D eigenvalue weighted by Gasteiger charge is 2.11. The molecule has 0 aliphatic rings. The Kier molecular flexibility index (Phi) is 4.18. The number of nitrogens with zero attached hydrogens (tertiary/aromatic N) is 4. The number of aryl methyl sites for hydroxylation is 1. The molecule has 0 unspecified atom stereocenters. The van der Waals surface area contributed by atoms with Crippen molar-refractivity contribution in [2.24, 2.45) is 7.05 Å². The summed E-state index contributed by atoms with van der Waals surface area (Å²) in [6, 6.07) is 15.5. The van der Waals surface area contributed by atoms with Crippen LogP contribution in [0.1, 0.15) is 15.9 Å². The first-order valence-electron chi connectivity index (χ1n) is 8.38. The van der Waals surface area contributed by atoms with Crippen molar-refractivity contribution in [3.8, 4) is 11.4 Å². The van der Waals surface area contributed by atoms with Gasteiger partial charge in [0.05, 0.1) is 0 Å². The first-order valence-corrected chi connectivity index (χ1v) is 8.38. The molecule has 1 amide bonds. The molecule has 0 aliphatic heterocycles. The quantitative estimate of drug-likeness (QED) is 0.580. The molecular weight excluding hydrogens is 328 g/mol. The van der Waals surface area contributed by atoms with Crippen molar-refractivity contribution >= 4 is 16.8 Å². The summed E-state index contributed by atoms with van der Waals surface area (Å²) in [5.74, 6) is 0.514. The Labute approximate surface area is 150 Å². The van der Waals surface area contributed by atoms with Gasteiger partial charge >= 0.3 is 0 Å². The van der Waals surface area contributed by atoms with Gasteiger partial charge in [-0.25, -0.2) is 4.68 Å². The predicted molar refractivity (Wildman–Crippen MR) is 98.6 cm³/mol. The molecule has 130 valence electrons. The number of carbonyl (C=O) groups excluding carboxylic acids is 1. The molecule has 0 fully saturated rings. The normalized spacial score (nSPS) is 11.0. The van der Waals surface area contributed by atoms with Crippen LogP contribution < -0.4 is 5.32 Å². The molecule has 0 saturated heterocycles. The van der Waals surface area contributed by atoms with Crippen LogP contribution in [0.25, 0.3) is 22.3 Å². The standard InChI is InChI=1S/C19H18N6O/c1-25-18(22-23-24-25)13-5-4-6-14(11-13)19(26)20-10-9-15-12-21-17-8-3-2-7-16(15)17/h2-8,11-12,21H,9-10H2,1H3,(H,20,26). The van der Waals surface area contributed by atoms with Gasteiger partial charge in [0.2, 0.25) is 0 Å². The Bertz CT molecular complexity index is 1060. The van der Waals surface area contributed by atoms with Gasteiger partial charge in [-0.15, -0.1) is 5.10 Å². The SMILES string of the molecule is Cn1nnnc1-c1cccc(C(=O)NCCc2c[nH]c3ccccc23)c1. The molecule has 2 heterocycles. The number of nitrogens with one attached hydrogen (secondary N) is 2. The van der Waals surface area contributed by atoms with Crippen molar-refractivity contribution < 1.29 is 4.79 Å². The van der Waals surface area contributed by atoms with E-state index in [-0.39, 0.29) is 5.91 Å². The van der Waals surface area contributed by atoms with Crippen LogP contribution in [0.2, 0.25) is 0 Å². The van der Waals surface area contributed by atoms with Crippen LogP contribution >= 0.6 is 0 Å². The molecule has 26 heavy (non-hydrogen) atoms. The van der Waals surface area contributed by atoms with Gasteiger partial charge in [0.25, 0.3) is 5.91 Å². The van der Waals surface area contributed by atoms with Crippen molar-refractivity contribution in [3.63, 3.8) is 0 Å². The lowest BCUT2D eigenvalue weighted by molar-refractivity contribution is 0.0954. The minimum absolute atomic E-state index is 0.109. The zero-order chi connectivity index (χ0) is 17.9. The highest BCUT2D eigenvalue weighted by atomic mass is 16.1. The summed E-state index contributed by atoms with van der Waals surface area (Å²) in [5, 5.41) is 15.6. The highest BCUT2D eigenvalue weighted by Crippen LogP contribution is 2.18. The van der Waals surface area contributed by atoms with Crippen molar-refractivity contribution in [1.29, 1.82) is 0 Å². The molecule has 0 atom stereocenters. The van der Waals surface area contributed by atoms with Crippen molar-refractivity contribution in [1.82, 2.24) is 30.5 Å². The molecule has 2 aromatic heterocycles. The van der Waals surface area contributed by atoms with Crippen LogP contribution in [0.4, 0.5) is 0 Å². The van der Waals surface area contributed by atoms with E-state index >= 15 is 0 Å².